The number of hydrogen-bond acceptors (Lipinski definition) is 4. The monoisotopic (exact) mass is 705 g/mol. The lowest BCUT2D eigenvalue weighted by Gasteiger charge is -2.33. The first-order valence-electron chi connectivity index (χ1n) is 21.7. The quantitative estimate of drug-likeness (QED) is 0.0821. The van der Waals surface area contributed by atoms with Crippen LogP contribution in [0.2, 0.25) is 0 Å². The molecule has 1 aliphatic rings. The average Bonchev–Trinajstić information content (AvgIpc) is 3.14. The van der Waals surface area contributed by atoms with E-state index in [4.69, 9.17) is 4.74 Å². The first kappa shape index (κ1) is 42.7. The van der Waals surface area contributed by atoms with Gasteiger partial charge in [-0.2, -0.15) is 0 Å². The van der Waals surface area contributed by atoms with E-state index in [1.807, 2.05) is 0 Å². The zero-order valence-electron chi connectivity index (χ0n) is 33.7. The molecule has 3 rings (SSSR count). The molecule has 0 bridgehead atoms. The van der Waals surface area contributed by atoms with Gasteiger partial charge in [0.1, 0.15) is 11.5 Å². The molecule has 2 atom stereocenters. The second kappa shape index (κ2) is 25.3. The number of fused-ring (bicyclic) bond motifs is 2. The lowest BCUT2D eigenvalue weighted by Crippen LogP contribution is -2.26. The van der Waals surface area contributed by atoms with Gasteiger partial charge in [-0.3, -0.25) is 4.79 Å². The molecule has 0 spiro atoms. The normalized spacial score (nSPS) is 14.1. The van der Waals surface area contributed by atoms with Crippen molar-refractivity contribution in [1.29, 1.82) is 0 Å². The molecule has 1 heterocycles. The molecule has 0 saturated heterocycles. The Bertz CT molecular complexity index is 1220. The van der Waals surface area contributed by atoms with Crippen LogP contribution in [0, 0.1) is 5.92 Å². The number of anilines is 2. The number of hydrogen-bond donors (Lipinski definition) is 1. The number of benzene rings is 2. The molecular weight excluding hydrogens is 629 g/mol. The molecule has 5 heteroatoms. The van der Waals surface area contributed by atoms with Crippen LogP contribution in [0.25, 0.3) is 0 Å². The maximum atomic E-state index is 12.7. The number of rotatable bonds is 30. The summed E-state index contributed by atoms with van der Waals surface area (Å²) in [6, 6.07) is 13.3. The van der Waals surface area contributed by atoms with Crippen molar-refractivity contribution in [3.63, 3.8) is 0 Å². The Balaban J connectivity index is 1.59. The van der Waals surface area contributed by atoms with Crippen molar-refractivity contribution in [1.82, 2.24) is 0 Å². The molecule has 0 aliphatic carbocycles. The molecule has 1 aliphatic heterocycles. The number of carboxylic acid groups (broad SMARTS) is 1. The first-order chi connectivity index (χ1) is 25.0. The van der Waals surface area contributed by atoms with Gasteiger partial charge in [-0.25, -0.2) is 0 Å². The van der Waals surface area contributed by atoms with Gasteiger partial charge in [0.25, 0.3) is 0 Å². The molecule has 0 fully saturated rings. The summed E-state index contributed by atoms with van der Waals surface area (Å²) < 4.78 is 6.72. The fourth-order valence-electron chi connectivity index (χ4n) is 7.95. The highest BCUT2D eigenvalue weighted by molar-refractivity contribution is 5.71. The highest BCUT2D eigenvalue weighted by Gasteiger charge is 2.32. The molecule has 2 aromatic carbocycles. The van der Waals surface area contributed by atoms with E-state index in [0.717, 1.165) is 73.8 Å². The van der Waals surface area contributed by atoms with E-state index in [0.29, 0.717) is 6.42 Å². The van der Waals surface area contributed by atoms with Gasteiger partial charge in [-0.15, -0.1) is 0 Å². The molecule has 0 radical (unpaired) electrons. The number of unbranched alkanes of at least 4 members (excludes halogenated alkanes) is 17. The Morgan fingerprint density at radius 1 is 0.588 bits per heavy atom. The van der Waals surface area contributed by atoms with Crippen molar-refractivity contribution in [3.8, 4) is 11.5 Å². The molecule has 288 valence electrons. The van der Waals surface area contributed by atoms with E-state index in [9.17, 15) is 9.90 Å². The summed E-state index contributed by atoms with van der Waals surface area (Å²) in [6.45, 7) is 15.1. The van der Waals surface area contributed by atoms with E-state index in [1.54, 1.807) is 0 Å². The average molecular weight is 705 g/mol. The Morgan fingerprint density at radius 2 is 1.00 bits per heavy atom. The second-order valence-electron chi connectivity index (χ2n) is 15.3. The Hall–Kier alpha value is -2.69. The van der Waals surface area contributed by atoms with Crippen LogP contribution in [0.5, 0.6) is 11.5 Å². The lowest BCUT2D eigenvalue weighted by atomic mass is 9.79. The van der Waals surface area contributed by atoms with Gasteiger partial charge >= 0.3 is 5.97 Å². The van der Waals surface area contributed by atoms with E-state index in [1.165, 1.54) is 121 Å². The Labute approximate surface area is 313 Å². The third-order valence-electron chi connectivity index (χ3n) is 11.3. The van der Waals surface area contributed by atoms with E-state index >= 15 is 0 Å². The molecule has 0 amide bonds. The van der Waals surface area contributed by atoms with Crippen LogP contribution in [0.1, 0.15) is 193 Å². The van der Waals surface area contributed by atoms with Crippen molar-refractivity contribution in [2.75, 3.05) is 36.0 Å². The molecule has 0 saturated carbocycles. The number of aliphatic carboxylic acids is 1. The van der Waals surface area contributed by atoms with Gasteiger partial charge in [0, 0.05) is 66.7 Å². The summed E-state index contributed by atoms with van der Waals surface area (Å²) in [5.41, 5.74) is 4.62. The number of carboxylic acids is 1. The topological polar surface area (TPSA) is 53.0 Å². The van der Waals surface area contributed by atoms with Gasteiger partial charge in [0.2, 0.25) is 0 Å². The molecule has 2 unspecified atom stereocenters. The van der Waals surface area contributed by atoms with Crippen molar-refractivity contribution >= 4 is 17.3 Å². The van der Waals surface area contributed by atoms with Crippen LogP contribution in [-0.2, 0) is 4.79 Å². The smallest absolute Gasteiger partial charge is 0.306 e. The van der Waals surface area contributed by atoms with Crippen molar-refractivity contribution in [3.05, 3.63) is 47.5 Å². The number of carbonyl (C=O) groups is 1. The molecular formula is C46H76N2O3. The second-order valence-corrected chi connectivity index (χ2v) is 15.3. The van der Waals surface area contributed by atoms with Gasteiger partial charge in [-0.05, 0) is 51.7 Å². The minimum atomic E-state index is -0.660. The van der Waals surface area contributed by atoms with E-state index < -0.39 is 5.97 Å². The van der Waals surface area contributed by atoms with Crippen molar-refractivity contribution < 1.29 is 14.6 Å². The van der Waals surface area contributed by atoms with E-state index in [2.05, 4.69) is 80.8 Å². The summed E-state index contributed by atoms with van der Waals surface area (Å²) in [4.78, 5) is 17.6. The first-order valence-corrected chi connectivity index (χ1v) is 21.7. The number of ether oxygens (including phenoxy) is 1. The molecule has 51 heavy (non-hydrogen) atoms. The summed E-state index contributed by atoms with van der Waals surface area (Å²) in [5, 5.41) is 10.4. The molecule has 5 nitrogen and oxygen atoms in total. The van der Waals surface area contributed by atoms with Crippen LogP contribution < -0.4 is 14.5 Å². The third kappa shape index (κ3) is 14.7. The summed E-state index contributed by atoms with van der Waals surface area (Å²) >= 11 is 0. The van der Waals surface area contributed by atoms with E-state index in [-0.39, 0.29) is 11.8 Å². The minimum absolute atomic E-state index is 0.00504. The summed E-state index contributed by atoms with van der Waals surface area (Å²) in [5.74, 6) is 0.756. The largest absolute Gasteiger partial charge is 0.481 e. The van der Waals surface area contributed by atoms with Gasteiger partial charge in [0.15, 0.2) is 0 Å². The van der Waals surface area contributed by atoms with Gasteiger partial charge in [-0.1, -0.05) is 148 Å². The highest BCUT2D eigenvalue weighted by atomic mass is 16.5. The fourth-order valence-corrected chi connectivity index (χ4v) is 7.95. The standard InChI is InChI=1S/C46H76N2O3/c1-6-11-14-15-16-17-18-19-20-21-22-23-24-25-26-27-28-38(46(49)50)35-43-41-31-29-39(47(9-4)10-5)36-44(41)51-45-37-40(30-32-42(43)45)48(33-12-7-2)34-13-8-3/h29-32,36-38,43H,6-28,33-35H2,1-5H3,(H,49,50). The van der Waals surface area contributed by atoms with Crippen LogP contribution >= 0.6 is 0 Å². The fraction of sp³-hybridized carbons (Fsp3) is 0.717. The molecule has 0 aromatic heterocycles. The zero-order chi connectivity index (χ0) is 36.7. The van der Waals surface area contributed by atoms with Gasteiger partial charge in [0.05, 0.1) is 5.92 Å². The summed E-state index contributed by atoms with van der Waals surface area (Å²) in [7, 11) is 0. The SMILES string of the molecule is CCCCCCCCCCCCCCCCCCC(CC1c2ccc(N(CC)CC)cc2Oc2cc(N(CCCC)CCCC)ccc21)C(=O)O. The van der Waals surface area contributed by atoms with Crippen molar-refractivity contribution in [2.45, 2.75) is 182 Å². The van der Waals surface area contributed by atoms with Crippen LogP contribution in [-0.4, -0.2) is 37.3 Å². The predicted octanol–water partition coefficient (Wildman–Crippen LogP) is 13.9. The lowest BCUT2D eigenvalue weighted by molar-refractivity contribution is -0.142. The van der Waals surface area contributed by atoms with Crippen LogP contribution in [0.4, 0.5) is 11.4 Å². The molecule has 2 aromatic rings. The maximum absolute atomic E-state index is 12.7. The molecule has 1 N–H and O–H groups in total. The zero-order valence-corrected chi connectivity index (χ0v) is 33.7. The van der Waals surface area contributed by atoms with Crippen LogP contribution in [0.15, 0.2) is 36.4 Å². The van der Waals surface area contributed by atoms with Crippen LogP contribution in [0.3, 0.4) is 0 Å². The third-order valence-corrected chi connectivity index (χ3v) is 11.3. The van der Waals surface area contributed by atoms with Crippen molar-refractivity contribution in [2.24, 2.45) is 5.92 Å². The number of nitrogens with zero attached hydrogens (tertiary/aromatic N) is 2. The Kier molecular flexibility index (Phi) is 21.2. The summed E-state index contributed by atoms with van der Waals surface area (Å²) in [6.07, 6.45) is 27.3. The minimum Gasteiger partial charge on any atom is -0.481 e. The van der Waals surface area contributed by atoms with Gasteiger partial charge < -0.3 is 19.6 Å². The Morgan fingerprint density at radius 3 is 1.41 bits per heavy atom. The maximum Gasteiger partial charge on any atom is 0.306 e. The predicted molar refractivity (Wildman–Crippen MR) is 220 cm³/mol. The highest BCUT2D eigenvalue weighted by Crippen LogP contribution is 2.49.